The number of aliphatic imine (C=N–C) groups is 2. The Bertz CT molecular complexity index is 1190. The van der Waals surface area contributed by atoms with Gasteiger partial charge in [-0.2, -0.15) is 0 Å². The molecule has 0 aliphatic carbocycles. The summed E-state index contributed by atoms with van der Waals surface area (Å²) in [6.45, 7) is 0.593. The average molecular weight is 607 g/mol. The van der Waals surface area contributed by atoms with E-state index >= 15 is 0 Å². The first-order chi connectivity index (χ1) is 16.2. The maximum Gasteiger partial charge on any atom is 0.00980 e. The van der Waals surface area contributed by atoms with Gasteiger partial charge in [-0.05, 0) is 25.0 Å². The Morgan fingerprint density at radius 3 is 2.58 bits per heavy atom. The fraction of sp³-hybridized carbons (Fsp3) is 0.185. The third-order valence-electron chi connectivity index (χ3n) is 5.45. The molecule has 0 saturated heterocycles. The second-order valence-electron chi connectivity index (χ2n) is 7.76. The zero-order chi connectivity index (χ0) is 22.9. The Hall–Kier alpha value is -3.04. The predicted molar refractivity (Wildman–Crippen MR) is 129 cm³/mol. The summed E-state index contributed by atoms with van der Waals surface area (Å²) in [5, 5.41) is 4.31. The number of allylic oxidation sites excluding steroid dienone is 4. The van der Waals surface area contributed by atoms with Crippen molar-refractivity contribution in [1.82, 2.24) is 0 Å². The van der Waals surface area contributed by atoms with Gasteiger partial charge in [0.05, 0.1) is 0 Å². The first-order valence-corrected chi connectivity index (χ1v) is 12.2. The summed E-state index contributed by atoms with van der Waals surface area (Å²) in [6, 6.07) is 15.4. The van der Waals surface area contributed by atoms with E-state index in [0.717, 1.165) is 54.1 Å². The molecular formula is C27H24FN4W-. The maximum absolute atomic E-state index is 13.7. The molecule has 4 rings (SSSR count). The van der Waals surface area contributed by atoms with Crippen molar-refractivity contribution in [2.45, 2.75) is 25.7 Å². The SMILES string of the molecule is Fc1ccccc1/C=C/C1=NC(CCc2ccc(C3=NC(C[N-]/C=C\[N]=[W])=CC3)cc2)=CC1. The van der Waals surface area contributed by atoms with Gasteiger partial charge >= 0.3 is 112 Å². The van der Waals surface area contributed by atoms with Crippen molar-refractivity contribution < 1.29 is 24.0 Å². The van der Waals surface area contributed by atoms with Gasteiger partial charge < -0.3 is 0 Å². The van der Waals surface area contributed by atoms with Crippen LogP contribution in [-0.2, 0) is 26.1 Å². The quantitative estimate of drug-likeness (QED) is 0.284. The fourth-order valence-electron chi connectivity index (χ4n) is 3.68. The molecule has 0 N–H and O–H groups in total. The van der Waals surface area contributed by atoms with Crippen LogP contribution in [0.1, 0.15) is 36.0 Å². The summed E-state index contributed by atoms with van der Waals surface area (Å²) in [6.07, 6.45) is 14.9. The molecule has 0 atom stereocenters. The van der Waals surface area contributed by atoms with Crippen LogP contribution in [0.15, 0.2) is 104 Å². The van der Waals surface area contributed by atoms with E-state index in [-0.39, 0.29) is 5.82 Å². The summed E-state index contributed by atoms with van der Waals surface area (Å²) in [7, 11) is 0. The van der Waals surface area contributed by atoms with Gasteiger partial charge in [-0.25, -0.2) is 4.39 Å². The Balaban J connectivity index is 1.27. The van der Waals surface area contributed by atoms with Gasteiger partial charge in [0.15, 0.2) is 0 Å². The van der Waals surface area contributed by atoms with E-state index in [4.69, 9.17) is 9.98 Å². The molecule has 2 aromatic carbocycles. The predicted octanol–water partition coefficient (Wildman–Crippen LogP) is 6.85. The maximum atomic E-state index is 13.7. The van der Waals surface area contributed by atoms with Crippen LogP contribution in [0.4, 0.5) is 4.39 Å². The van der Waals surface area contributed by atoms with E-state index in [1.54, 1.807) is 30.6 Å². The zero-order valence-electron chi connectivity index (χ0n) is 18.2. The number of hydrogen-bond donors (Lipinski definition) is 0. The molecule has 33 heavy (non-hydrogen) atoms. The number of nitrogens with zero attached hydrogens (tertiary/aromatic N) is 4. The molecule has 0 spiro atoms. The standard InChI is InChI=1S/C27H24FN4.W/c28-26-4-2-1-3-21(26)10-12-24-14-13-23(31-24)11-7-20-5-8-22(9-6-20)27-16-15-25(32-27)19-30-18-17-29;/h1-6,8-10,12-13,15,17-18H,7,11,14,16,19H2;/q-1;/b12-10+,18-17-;. The molecule has 2 aliphatic heterocycles. The van der Waals surface area contributed by atoms with Crippen LogP contribution in [0.25, 0.3) is 11.4 Å². The Morgan fingerprint density at radius 2 is 1.76 bits per heavy atom. The van der Waals surface area contributed by atoms with Gasteiger partial charge in [0.2, 0.25) is 0 Å². The van der Waals surface area contributed by atoms with E-state index in [1.807, 2.05) is 12.1 Å². The van der Waals surface area contributed by atoms with Crippen LogP contribution in [-0.4, -0.2) is 18.0 Å². The van der Waals surface area contributed by atoms with Crippen LogP contribution >= 0.6 is 0 Å². The molecule has 4 nitrogen and oxygen atoms in total. The van der Waals surface area contributed by atoms with Gasteiger partial charge in [0, 0.05) is 23.4 Å². The van der Waals surface area contributed by atoms with E-state index in [0.29, 0.717) is 12.1 Å². The van der Waals surface area contributed by atoms with Crippen molar-refractivity contribution in [3.63, 3.8) is 0 Å². The molecule has 0 radical (unpaired) electrons. The summed E-state index contributed by atoms with van der Waals surface area (Å²) < 4.78 is 17.7. The molecule has 0 unspecified atom stereocenters. The number of benzene rings is 2. The van der Waals surface area contributed by atoms with Crippen molar-refractivity contribution >= 4 is 17.5 Å². The molecule has 2 aromatic rings. The van der Waals surface area contributed by atoms with Crippen molar-refractivity contribution in [2.75, 3.05) is 6.54 Å². The summed E-state index contributed by atoms with van der Waals surface area (Å²) in [5.74, 6) is -0.212. The van der Waals surface area contributed by atoms with Crippen molar-refractivity contribution in [3.05, 3.63) is 118 Å². The number of halogens is 1. The summed E-state index contributed by atoms with van der Waals surface area (Å²) in [4.78, 5) is 9.41. The Kier molecular flexibility index (Phi) is 8.21. The molecule has 0 fully saturated rings. The summed E-state index contributed by atoms with van der Waals surface area (Å²) in [5.41, 5.74) is 7.19. The van der Waals surface area contributed by atoms with Crippen LogP contribution in [0, 0.1) is 5.82 Å². The van der Waals surface area contributed by atoms with Crippen LogP contribution in [0.3, 0.4) is 0 Å². The molecule has 2 heterocycles. The van der Waals surface area contributed by atoms with Crippen LogP contribution in [0.5, 0.6) is 0 Å². The number of hydrogen-bond acceptors (Lipinski definition) is 3. The molecule has 2 aliphatic rings. The normalized spacial score (nSPS) is 15.5. The molecule has 0 amide bonds. The van der Waals surface area contributed by atoms with E-state index in [9.17, 15) is 4.39 Å². The second kappa shape index (κ2) is 11.7. The molecule has 166 valence electrons. The third kappa shape index (κ3) is 6.72. The minimum Gasteiger partial charge on any atom is -0.0569 e. The largest absolute Gasteiger partial charge is 0.0569 e. The van der Waals surface area contributed by atoms with Crippen molar-refractivity contribution in [3.8, 4) is 0 Å². The second-order valence-corrected chi connectivity index (χ2v) is 8.51. The van der Waals surface area contributed by atoms with E-state index in [2.05, 4.69) is 45.2 Å². The van der Waals surface area contributed by atoms with Crippen molar-refractivity contribution in [1.29, 1.82) is 0 Å². The smallest absolute Gasteiger partial charge is 0.00980 e. The Morgan fingerprint density at radius 1 is 0.939 bits per heavy atom. The molecule has 0 aromatic heterocycles. The first-order valence-electron chi connectivity index (χ1n) is 10.9. The van der Waals surface area contributed by atoms with Gasteiger partial charge in [0.25, 0.3) is 0 Å². The van der Waals surface area contributed by atoms with Crippen LogP contribution < -0.4 is 0 Å². The minimum atomic E-state index is -0.212. The van der Waals surface area contributed by atoms with Crippen LogP contribution in [0.2, 0.25) is 0 Å². The molecular weight excluding hydrogens is 583 g/mol. The van der Waals surface area contributed by atoms with Gasteiger partial charge in [0.1, 0.15) is 5.82 Å². The molecule has 0 saturated carbocycles. The Labute approximate surface area is 205 Å². The number of aryl methyl sites for hydroxylation is 1. The monoisotopic (exact) mass is 607 g/mol. The van der Waals surface area contributed by atoms with Crippen molar-refractivity contribution in [2.24, 2.45) is 13.5 Å². The topological polar surface area (TPSA) is 51.2 Å². The molecule has 0 bridgehead atoms. The first kappa shape index (κ1) is 23.1. The molecule has 6 heteroatoms. The average Bonchev–Trinajstić information content (AvgIpc) is 3.50. The van der Waals surface area contributed by atoms with E-state index < -0.39 is 0 Å². The third-order valence-corrected chi connectivity index (χ3v) is 5.88. The van der Waals surface area contributed by atoms with Gasteiger partial charge in [-0.15, -0.1) is 0 Å². The van der Waals surface area contributed by atoms with E-state index in [1.165, 1.54) is 31.3 Å². The van der Waals surface area contributed by atoms with Gasteiger partial charge in [-0.1, -0.05) is 30.4 Å². The number of rotatable bonds is 10. The summed E-state index contributed by atoms with van der Waals surface area (Å²) >= 11 is 1.17. The fourth-order valence-corrected chi connectivity index (χ4v) is 3.87. The minimum absolute atomic E-state index is 0.212. The van der Waals surface area contributed by atoms with Gasteiger partial charge in [-0.3, -0.25) is 4.99 Å². The zero-order valence-corrected chi connectivity index (χ0v) is 21.1.